The number of aliphatic carboxylic acids is 1. The molecule has 0 spiro atoms. The van der Waals surface area contributed by atoms with Crippen LogP contribution in [0.25, 0.3) is 0 Å². The molecular weight excluding hydrogens is 194 g/mol. The molecule has 0 aliphatic rings. The van der Waals surface area contributed by atoms with Crippen LogP contribution in [-0.2, 0) is 9.53 Å². The monoisotopic (exact) mass is 217 g/mol. The number of carboxylic acids is 1. The summed E-state index contributed by atoms with van der Waals surface area (Å²) in [5, 5.41) is 9.14. The van der Waals surface area contributed by atoms with Crippen LogP contribution < -0.4 is 0 Å². The minimum absolute atomic E-state index is 0.445. The number of nitrogens with zero attached hydrogens (tertiary/aromatic N) is 1. The summed E-state index contributed by atoms with van der Waals surface area (Å²) >= 11 is 0. The van der Waals surface area contributed by atoms with Crippen LogP contribution in [0.3, 0.4) is 0 Å². The third kappa shape index (κ3) is 4.62. The van der Waals surface area contributed by atoms with Crippen molar-refractivity contribution in [2.75, 3.05) is 26.8 Å². The van der Waals surface area contributed by atoms with Gasteiger partial charge in [0.05, 0.1) is 6.61 Å². The van der Waals surface area contributed by atoms with Crippen LogP contribution in [-0.4, -0.2) is 48.3 Å². The van der Waals surface area contributed by atoms with Crippen molar-refractivity contribution in [3.05, 3.63) is 0 Å². The summed E-state index contributed by atoms with van der Waals surface area (Å²) in [7, 11) is 1.63. The number of carbonyl (C=O) groups is 1. The largest absolute Gasteiger partial charge is 0.480 e. The summed E-state index contributed by atoms with van der Waals surface area (Å²) in [6.07, 6.45) is 0. The van der Waals surface area contributed by atoms with Crippen molar-refractivity contribution >= 4 is 5.97 Å². The SMILES string of the molecule is COCCN(CC(C)C)C(C)(C)C(=O)O. The molecule has 0 radical (unpaired) electrons. The van der Waals surface area contributed by atoms with E-state index in [1.165, 1.54) is 0 Å². The molecule has 0 saturated carbocycles. The van der Waals surface area contributed by atoms with E-state index in [9.17, 15) is 4.79 Å². The second-order valence-corrected chi connectivity index (χ2v) is 4.70. The van der Waals surface area contributed by atoms with E-state index in [1.807, 2.05) is 4.90 Å². The number of ether oxygens (including phenoxy) is 1. The highest BCUT2D eigenvalue weighted by atomic mass is 16.5. The lowest BCUT2D eigenvalue weighted by Gasteiger charge is -2.36. The van der Waals surface area contributed by atoms with E-state index in [4.69, 9.17) is 9.84 Å². The molecule has 0 aliphatic heterocycles. The van der Waals surface area contributed by atoms with Gasteiger partial charge in [0.25, 0.3) is 0 Å². The van der Waals surface area contributed by atoms with Gasteiger partial charge in [-0.05, 0) is 19.8 Å². The van der Waals surface area contributed by atoms with Crippen LogP contribution in [0, 0.1) is 5.92 Å². The van der Waals surface area contributed by atoms with E-state index < -0.39 is 11.5 Å². The molecule has 0 unspecified atom stereocenters. The Morgan fingerprint density at radius 2 is 2.00 bits per heavy atom. The van der Waals surface area contributed by atoms with Gasteiger partial charge in [-0.2, -0.15) is 0 Å². The van der Waals surface area contributed by atoms with Gasteiger partial charge in [0.15, 0.2) is 0 Å². The van der Waals surface area contributed by atoms with Gasteiger partial charge < -0.3 is 9.84 Å². The van der Waals surface area contributed by atoms with Crippen molar-refractivity contribution in [1.29, 1.82) is 0 Å². The van der Waals surface area contributed by atoms with Gasteiger partial charge in [0, 0.05) is 20.2 Å². The van der Waals surface area contributed by atoms with E-state index in [1.54, 1.807) is 21.0 Å². The van der Waals surface area contributed by atoms with Crippen molar-refractivity contribution in [3.8, 4) is 0 Å². The summed E-state index contributed by atoms with van der Waals surface area (Å²) < 4.78 is 4.99. The second-order valence-electron chi connectivity index (χ2n) is 4.70. The molecule has 1 N–H and O–H groups in total. The van der Waals surface area contributed by atoms with Crippen LogP contribution >= 0.6 is 0 Å². The highest BCUT2D eigenvalue weighted by Crippen LogP contribution is 2.16. The zero-order valence-corrected chi connectivity index (χ0v) is 10.4. The van der Waals surface area contributed by atoms with Crippen molar-refractivity contribution in [2.45, 2.75) is 33.2 Å². The molecule has 0 aromatic rings. The lowest BCUT2D eigenvalue weighted by molar-refractivity contribution is -0.150. The summed E-state index contributed by atoms with van der Waals surface area (Å²) in [5.41, 5.74) is -0.831. The lowest BCUT2D eigenvalue weighted by Crippen LogP contribution is -2.52. The molecule has 0 aliphatic carbocycles. The van der Waals surface area contributed by atoms with Gasteiger partial charge in [0.2, 0.25) is 0 Å². The molecule has 4 nitrogen and oxygen atoms in total. The molecule has 0 aromatic heterocycles. The number of methoxy groups -OCH3 is 1. The predicted molar refractivity (Wildman–Crippen MR) is 60.0 cm³/mol. The maximum absolute atomic E-state index is 11.1. The Labute approximate surface area is 92.2 Å². The third-order valence-electron chi connectivity index (χ3n) is 2.46. The van der Waals surface area contributed by atoms with E-state index >= 15 is 0 Å². The lowest BCUT2D eigenvalue weighted by atomic mass is 10.0. The zero-order chi connectivity index (χ0) is 12.1. The summed E-state index contributed by atoms with van der Waals surface area (Å²) in [6.45, 7) is 9.59. The molecule has 0 aromatic carbocycles. The number of rotatable bonds is 7. The van der Waals surface area contributed by atoms with Crippen LogP contribution in [0.1, 0.15) is 27.7 Å². The first-order valence-corrected chi connectivity index (χ1v) is 5.29. The smallest absolute Gasteiger partial charge is 0.323 e. The second kappa shape index (κ2) is 6.08. The topological polar surface area (TPSA) is 49.8 Å². The van der Waals surface area contributed by atoms with Crippen molar-refractivity contribution in [3.63, 3.8) is 0 Å². The normalized spacial score (nSPS) is 12.5. The molecule has 4 heteroatoms. The average Bonchev–Trinajstić information content (AvgIpc) is 2.11. The molecule has 15 heavy (non-hydrogen) atoms. The Hall–Kier alpha value is -0.610. The maximum Gasteiger partial charge on any atom is 0.323 e. The Balaban J connectivity index is 4.52. The number of hydrogen-bond donors (Lipinski definition) is 1. The Bertz CT molecular complexity index is 202. The molecule has 0 rings (SSSR count). The first-order valence-electron chi connectivity index (χ1n) is 5.29. The van der Waals surface area contributed by atoms with E-state index in [-0.39, 0.29) is 0 Å². The summed E-state index contributed by atoms with van der Waals surface area (Å²) in [6, 6.07) is 0. The number of hydrogen-bond acceptors (Lipinski definition) is 3. The van der Waals surface area contributed by atoms with Crippen LogP contribution in [0.4, 0.5) is 0 Å². The molecule has 90 valence electrons. The van der Waals surface area contributed by atoms with Crippen LogP contribution in [0.5, 0.6) is 0 Å². The molecule has 0 fully saturated rings. The van der Waals surface area contributed by atoms with Gasteiger partial charge >= 0.3 is 5.97 Å². The fourth-order valence-electron chi connectivity index (χ4n) is 1.38. The van der Waals surface area contributed by atoms with Crippen LogP contribution in [0.15, 0.2) is 0 Å². The minimum atomic E-state index is -0.831. The molecule has 0 saturated heterocycles. The van der Waals surface area contributed by atoms with E-state index in [0.717, 1.165) is 6.54 Å². The molecular formula is C11H23NO3. The zero-order valence-electron chi connectivity index (χ0n) is 10.4. The third-order valence-corrected chi connectivity index (χ3v) is 2.46. The highest BCUT2D eigenvalue weighted by molar-refractivity contribution is 5.77. The Morgan fingerprint density at radius 1 is 1.47 bits per heavy atom. The van der Waals surface area contributed by atoms with E-state index in [2.05, 4.69) is 13.8 Å². The summed E-state index contributed by atoms with van der Waals surface area (Å²) in [4.78, 5) is 13.1. The van der Waals surface area contributed by atoms with Crippen molar-refractivity contribution < 1.29 is 14.6 Å². The quantitative estimate of drug-likeness (QED) is 0.701. The molecule has 0 bridgehead atoms. The first kappa shape index (κ1) is 14.4. The first-order chi connectivity index (χ1) is 6.82. The Kier molecular flexibility index (Phi) is 5.83. The van der Waals surface area contributed by atoms with Gasteiger partial charge in [-0.15, -0.1) is 0 Å². The summed E-state index contributed by atoms with van der Waals surface area (Å²) in [5.74, 6) is -0.347. The van der Waals surface area contributed by atoms with Crippen molar-refractivity contribution in [1.82, 2.24) is 4.90 Å². The van der Waals surface area contributed by atoms with Gasteiger partial charge in [-0.25, -0.2) is 0 Å². The number of carboxylic acid groups (broad SMARTS) is 1. The average molecular weight is 217 g/mol. The molecule has 0 atom stereocenters. The highest BCUT2D eigenvalue weighted by Gasteiger charge is 2.34. The van der Waals surface area contributed by atoms with Crippen LogP contribution in [0.2, 0.25) is 0 Å². The van der Waals surface area contributed by atoms with Gasteiger partial charge in [-0.3, -0.25) is 9.69 Å². The standard InChI is InChI=1S/C11H23NO3/c1-9(2)8-12(6-7-15-5)11(3,4)10(13)14/h9H,6-8H2,1-5H3,(H,13,14). The maximum atomic E-state index is 11.1. The van der Waals surface area contributed by atoms with Gasteiger partial charge in [0.1, 0.15) is 5.54 Å². The fraction of sp³-hybridized carbons (Fsp3) is 0.909. The van der Waals surface area contributed by atoms with Crippen molar-refractivity contribution in [2.24, 2.45) is 5.92 Å². The Morgan fingerprint density at radius 3 is 2.33 bits per heavy atom. The molecule has 0 amide bonds. The minimum Gasteiger partial charge on any atom is -0.480 e. The molecule has 0 heterocycles. The van der Waals surface area contributed by atoms with Gasteiger partial charge in [-0.1, -0.05) is 13.8 Å². The predicted octanol–water partition coefficient (Wildman–Crippen LogP) is 1.45. The van der Waals surface area contributed by atoms with E-state index in [0.29, 0.717) is 19.1 Å². The fourth-order valence-corrected chi connectivity index (χ4v) is 1.38.